The molecular formula is C45H78N6O18. The van der Waals surface area contributed by atoms with Crippen molar-refractivity contribution in [1.82, 2.24) is 31.9 Å². The molecule has 6 amide bonds. The van der Waals surface area contributed by atoms with E-state index in [1.54, 1.807) is 0 Å². The molecule has 0 bridgehead atoms. The number of carbonyl (C=O) groups is 10. The summed E-state index contributed by atoms with van der Waals surface area (Å²) < 4.78 is 21.1. The third-order valence-corrected chi connectivity index (χ3v) is 10.1. The number of rotatable bonds is 47. The number of nitrogens with one attached hydrogen (secondary N) is 6. The SMILES string of the molecule is CCCCNC(=O)CC[C@H](NC(=O)CCC(NC(=O)COCCOCCNC(=O)COCCOCCNC(=O)CC[C@H](NC(=O)CCCCCCCCCCCCC(=O)O)C(=O)O)C(=O)O)C(=O)O. The van der Waals surface area contributed by atoms with Crippen molar-refractivity contribution < 1.29 is 87.3 Å². The molecule has 0 rings (SSSR count). The molecule has 0 aliphatic heterocycles. The summed E-state index contributed by atoms with van der Waals surface area (Å²) in [4.78, 5) is 118. The number of carboxylic acid groups (broad SMARTS) is 4. The molecule has 24 nitrogen and oxygen atoms in total. The molecule has 0 radical (unpaired) electrons. The van der Waals surface area contributed by atoms with Gasteiger partial charge in [0.1, 0.15) is 31.3 Å². The topological polar surface area (TPSA) is 361 Å². The highest BCUT2D eigenvalue weighted by molar-refractivity contribution is 5.87. The Morgan fingerprint density at radius 3 is 1.14 bits per heavy atom. The number of carbonyl (C=O) groups excluding carboxylic acids is 6. The Morgan fingerprint density at radius 2 is 0.710 bits per heavy atom. The molecule has 0 saturated carbocycles. The Bertz CT molecular complexity index is 1540. The zero-order valence-corrected chi connectivity index (χ0v) is 40.2. The maximum Gasteiger partial charge on any atom is 0.326 e. The second-order valence-corrected chi connectivity index (χ2v) is 16.2. The lowest BCUT2D eigenvalue weighted by atomic mass is 10.0. The predicted molar refractivity (Wildman–Crippen MR) is 247 cm³/mol. The molecule has 0 spiro atoms. The van der Waals surface area contributed by atoms with E-state index in [4.69, 9.17) is 24.1 Å². The number of unbranched alkanes of at least 4 members (excludes halogenated alkanes) is 10. The summed E-state index contributed by atoms with van der Waals surface area (Å²) >= 11 is 0. The van der Waals surface area contributed by atoms with Crippen molar-refractivity contribution in [3.63, 3.8) is 0 Å². The van der Waals surface area contributed by atoms with Gasteiger partial charge in [-0.3, -0.25) is 33.6 Å². The zero-order valence-electron chi connectivity index (χ0n) is 40.2. The summed E-state index contributed by atoms with van der Waals surface area (Å²) in [5, 5.41) is 51.8. The van der Waals surface area contributed by atoms with Crippen LogP contribution in [0.1, 0.15) is 135 Å². The summed E-state index contributed by atoms with van der Waals surface area (Å²) in [7, 11) is 0. The van der Waals surface area contributed by atoms with Gasteiger partial charge in [-0.05, 0) is 38.5 Å². The van der Waals surface area contributed by atoms with Gasteiger partial charge in [0.15, 0.2) is 0 Å². The largest absolute Gasteiger partial charge is 0.481 e. The number of ether oxygens (including phenoxy) is 4. The first-order valence-electron chi connectivity index (χ1n) is 23.9. The van der Waals surface area contributed by atoms with Crippen LogP contribution in [0, 0.1) is 0 Å². The average molecular weight is 991 g/mol. The Morgan fingerprint density at radius 1 is 0.362 bits per heavy atom. The number of amides is 6. The molecule has 3 atom stereocenters. The van der Waals surface area contributed by atoms with Gasteiger partial charge < -0.3 is 71.3 Å². The molecule has 24 heteroatoms. The Labute approximate surface area is 403 Å². The first-order valence-corrected chi connectivity index (χ1v) is 23.9. The fraction of sp³-hybridized carbons (Fsp3) is 0.778. The lowest BCUT2D eigenvalue weighted by Gasteiger charge is -2.17. The molecule has 69 heavy (non-hydrogen) atoms. The molecular weight excluding hydrogens is 913 g/mol. The molecule has 0 aliphatic carbocycles. The summed E-state index contributed by atoms with van der Waals surface area (Å²) in [6, 6.07) is -3.98. The lowest BCUT2D eigenvalue weighted by molar-refractivity contribution is -0.144. The van der Waals surface area contributed by atoms with E-state index >= 15 is 0 Å². The highest BCUT2D eigenvalue weighted by Gasteiger charge is 2.25. The minimum Gasteiger partial charge on any atom is -0.481 e. The molecule has 0 saturated heterocycles. The van der Waals surface area contributed by atoms with E-state index in [2.05, 4.69) is 31.9 Å². The predicted octanol–water partition coefficient (Wildman–Crippen LogP) is 1.02. The van der Waals surface area contributed by atoms with E-state index in [-0.39, 0.29) is 116 Å². The number of hydrogen-bond donors (Lipinski definition) is 10. The van der Waals surface area contributed by atoms with Crippen LogP contribution >= 0.6 is 0 Å². The molecule has 0 aromatic carbocycles. The molecule has 0 aromatic rings. The summed E-state index contributed by atoms with van der Waals surface area (Å²) in [6.07, 6.45) is 10.3. The van der Waals surface area contributed by atoms with Crippen molar-refractivity contribution >= 4 is 59.3 Å². The van der Waals surface area contributed by atoms with E-state index < -0.39 is 78.7 Å². The monoisotopic (exact) mass is 991 g/mol. The molecule has 0 fully saturated rings. The summed E-state index contributed by atoms with van der Waals surface area (Å²) in [5.41, 5.74) is 0. The Kier molecular flexibility index (Phi) is 39.3. The molecule has 0 aliphatic rings. The standard InChI is InChI=1S/C45H78N6O18/c1-2-3-22-46-36(52)19-16-34(44(62)63)50-39(55)21-18-35(45(64)65)51-41(57)32-69-30-28-67-26-24-48-40(56)31-68-29-27-66-25-23-47-37(53)20-17-33(43(60)61)49-38(54)14-12-10-8-6-4-5-7-9-11-13-15-42(58)59/h33-35H,2-32H2,1H3,(H,46,52)(H,47,53)(H,48,56)(H,49,54)(H,50,55)(H,51,57)(H,58,59)(H,60,61)(H,62,63)(H,64,65)/t33-,34-,35?/m0/s1. The van der Waals surface area contributed by atoms with Crippen molar-refractivity contribution in [2.24, 2.45) is 0 Å². The minimum atomic E-state index is -1.45. The van der Waals surface area contributed by atoms with Crippen LogP contribution in [0.25, 0.3) is 0 Å². The van der Waals surface area contributed by atoms with Crippen molar-refractivity contribution in [3.8, 4) is 0 Å². The third kappa shape index (κ3) is 40.2. The third-order valence-electron chi connectivity index (χ3n) is 10.1. The van der Waals surface area contributed by atoms with Crippen molar-refractivity contribution in [2.75, 3.05) is 72.5 Å². The van der Waals surface area contributed by atoms with Crippen LogP contribution in [-0.2, 0) is 66.9 Å². The fourth-order valence-corrected chi connectivity index (χ4v) is 6.27. The number of carboxylic acids is 4. The van der Waals surface area contributed by atoms with Crippen LogP contribution in [-0.4, -0.2) is 170 Å². The van der Waals surface area contributed by atoms with Crippen LogP contribution < -0.4 is 31.9 Å². The quantitative estimate of drug-likeness (QED) is 0.0380. The van der Waals surface area contributed by atoms with Crippen LogP contribution in [0.2, 0.25) is 0 Å². The number of hydrogen-bond acceptors (Lipinski definition) is 14. The van der Waals surface area contributed by atoms with Gasteiger partial charge in [0, 0.05) is 51.7 Å². The van der Waals surface area contributed by atoms with Gasteiger partial charge in [0.25, 0.3) is 0 Å². The van der Waals surface area contributed by atoms with Crippen LogP contribution in [0.5, 0.6) is 0 Å². The van der Waals surface area contributed by atoms with Crippen LogP contribution in [0.15, 0.2) is 0 Å². The van der Waals surface area contributed by atoms with Crippen LogP contribution in [0.3, 0.4) is 0 Å². The van der Waals surface area contributed by atoms with E-state index in [9.17, 15) is 63.3 Å². The zero-order chi connectivity index (χ0) is 51.5. The molecule has 0 aromatic heterocycles. The summed E-state index contributed by atoms with van der Waals surface area (Å²) in [5.74, 6) is -7.80. The van der Waals surface area contributed by atoms with E-state index in [1.807, 2.05) is 6.92 Å². The van der Waals surface area contributed by atoms with Crippen molar-refractivity contribution in [3.05, 3.63) is 0 Å². The molecule has 10 N–H and O–H groups in total. The van der Waals surface area contributed by atoms with Crippen molar-refractivity contribution in [1.29, 1.82) is 0 Å². The van der Waals surface area contributed by atoms with E-state index in [0.29, 0.717) is 19.4 Å². The van der Waals surface area contributed by atoms with Crippen molar-refractivity contribution in [2.45, 2.75) is 153 Å². The minimum absolute atomic E-state index is 0.0298. The smallest absolute Gasteiger partial charge is 0.326 e. The highest BCUT2D eigenvalue weighted by atomic mass is 16.5. The van der Waals surface area contributed by atoms with Gasteiger partial charge in [-0.2, -0.15) is 0 Å². The van der Waals surface area contributed by atoms with Gasteiger partial charge in [-0.25, -0.2) is 14.4 Å². The average Bonchev–Trinajstić information content (AvgIpc) is 3.29. The Balaban J connectivity index is 3.94. The van der Waals surface area contributed by atoms with Crippen LogP contribution in [0.4, 0.5) is 0 Å². The highest BCUT2D eigenvalue weighted by Crippen LogP contribution is 2.12. The van der Waals surface area contributed by atoms with Gasteiger partial charge in [0.2, 0.25) is 35.4 Å². The number of aliphatic carboxylic acids is 4. The van der Waals surface area contributed by atoms with Gasteiger partial charge in [-0.1, -0.05) is 64.7 Å². The first-order chi connectivity index (χ1) is 33.0. The molecule has 396 valence electrons. The Hall–Kier alpha value is -5.46. The molecule has 1 unspecified atom stereocenters. The first kappa shape index (κ1) is 63.5. The normalized spacial score (nSPS) is 12.2. The fourth-order valence-electron chi connectivity index (χ4n) is 6.27. The van der Waals surface area contributed by atoms with Gasteiger partial charge in [-0.15, -0.1) is 0 Å². The summed E-state index contributed by atoms with van der Waals surface area (Å²) in [6.45, 7) is 2.49. The van der Waals surface area contributed by atoms with Gasteiger partial charge in [0.05, 0.1) is 39.6 Å². The lowest BCUT2D eigenvalue weighted by Crippen LogP contribution is -2.45. The molecule has 0 heterocycles. The van der Waals surface area contributed by atoms with E-state index in [0.717, 1.165) is 64.2 Å². The maximum absolute atomic E-state index is 12.3. The maximum atomic E-state index is 12.3. The van der Waals surface area contributed by atoms with Gasteiger partial charge >= 0.3 is 23.9 Å². The van der Waals surface area contributed by atoms with E-state index in [1.165, 1.54) is 0 Å². The second-order valence-electron chi connectivity index (χ2n) is 16.2. The second kappa shape index (κ2) is 42.6.